The Bertz CT molecular complexity index is 595. The summed E-state index contributed by atoms with van der Waals surface area (Å²) < 4.78 is 5.78. The van der Waals surface area contributed by atoms with Crippen molar-refractivity contribution in [3.63, 3.8) is 0 Å². The van der Waals surface area contributed by atoms with Gasteiger partial charge in [-0.25, -0.2) is 0 Å². The minimum Gasteiger partial charge on any atom is -0.488 e. The maximum absolute atomic E-state index is 10.3. The average Bonchev–Trinajstić information content (AvgIpc) is 2.49. The first kappa shape index (κ1) is 12.9. The van der Waals surface area contributed by atoms with Gasteiger partial charge in [0.15, 0.2) is 0 Å². The molecule has 0 radical (unpaired) electrons. The van der Waals surface area contributed by atoms with Gasteiger partial charge in [0.25, 0.3) is 0 Å². The third kappa shape index (κ3) is 2.87. The number of hydrogen-bond acceptors (Lipinski definition) is 3. The molecule has 0 spiro atoms. The van der Waals surface area contributed by atoms with Crippen molar-refractivity contribution in [2.45, 2.75) is 25.4 Å². The van der Waals surface area contributed by atoms with Gasteiger partial charge in [-0.15, -0.1) is 0 Å². The van der Waals surface area contributed by atoms with Gasteiger partial charge in [-0.1, -0.05) is 47.6 Å². The maximum atomic E-state index is 10.3. The Labute approximate surface area is 118 Å². The van der Waals surface area contributed by atoms with Gasteiger partial charge in [-0.05, 0) is 42.0 Å². The lowest BCUT2D eigenvalue weighted by atomic mass is 9.97. The summed E-state index contributed by atoms with van der Waals surface area (Å²) in [7, 11) is 0. The minimum atomic E-state index is -0.0556. The van der Waals surface area contributed by atoms with E-state index in [2.05, 4.69) is 41.6 Å². The number of fused-ring (bicyclic) bond motifs is 1. The van der Waals surface area contributed by atoms with Crippen molar-refractivity contribution in [3.8, 4) is 5.75 Å². The monoisotopic (exact) mass is 267 g/mol. The summed E-state index contributed by atoms with van der Waals surface area (Å²) >= 11 is 0. The van der Waals surface area contributed by atoms with Crippen LogP contribution in [-0.4, -0.2) is 12.6 Å². The molecule has 0 amide bonds. The smallest absolute Gasteiger partial charge is 0.123 e. The Kier molecular flexibility index (Phi) is 3.77. The number of hydrogen-bond donors (Lipinski definition) is 0. The fraction of sp³-hybridized carbons (Fsp3) is 0.294. The molecule has 0 saturated carbocycles. The minimum absolute atomic E-state index is 0.0556. The van der Waals surface area contributed by atoms with E-state index in [1.165, 1.54) is 16.7 Å². The lowest BCUT2D eigenvalue weighted by Gasteiger charge is -2.24. The van der Waals surface area contributed by atoms with Crippen LogP contribution < -0.4 is 4.74 Å². The largest absolute Gasteiger partial charge is 0.488 e. The van der Waals surface area contributed by atoms with Crippen LogP contribution in [0.15, 0.2) is 53.7 Å². The van der Waals surface area contributed by atoms with Crippen molar-refractivity contribution in [3.05, 3.63) is 70.1 Å². The molecule has 102 valence electrons. The fourth-order valence-electron chi connectivity index (χ4n) is 2.65. The standard InChI is InChI=1S/C17H17NO2/c19-18-12-16-8-7-15-11-14(6-9-17(15)20-16)10-13-4-2-1-3-5-13/h1-6,9,11,16H,7-8,10,12H2. The predicted molar refractivity (Wildman–Crippen MR) is 79.1 cm³/mol. The van der Waals surface area contributed by atoms with E-state index < -0.39 is 0 Å². The first-order chi connectivity index (χ1) is 9.85. The van der Waals surface area contributed by atoms with E-state index in [0.29, 0.717) is 0 Å². The van der Waals surface area contributed by atoms with Crippen molar-refractivity contribution >= 4 is 0 Å². The highest BCUT2D eigenvalue weighted by molar-refractivity contribution is 5.40. The maximum Gasteiger partial charge on any atom is 0.123 e. The Balaban J connectivity index is 1.75. The zero-order valence-corrected chi connectivity index (χ0v) is 11.3. The van der Waals surface area contributed by atoms with Crippen molar-refractivity contribution < 1.29 is 4.74 Å². The third-order valence-electron chi connectivity index (χ3n) is 3.68. The molecule has 0 bridgehead atoms. The molecule has 1 unspecified atom stereocenters. The van der Waals surface area contributed by atoms with Crippen LogP contribution in [0, 0.1) is 4.91 Å². The molecule has 0 aliphatic carbocycles. The zero-order valence-electron chi connectivity index (χ0n) is 11.3. The van der Waals surface area contributed by atoms with Gasteiger partial charge in [0.2, 0.25) is 0 Å². The summed E-state index contributed by atoms with van der Waals surface area (Å²) in [6, 6.07) is 16.8. The predicted octanol–water partition coefficient (Wildman–Crippen LogP) is 3.74. The molecule has 0 fully saturated rings. The number of nitroso groups, excluding NO2 is 1. The lowest BCUT2D eigenvalue weighted by molar-refractivity contribution is 0.181. The molecule has 1 atom stereocenters. The Morgan fingerprint density at radius 1 is 1.10 bits per heavy atom. The lowest BCUT2D eigenvalue weighted by Crippen LogP contribution is -2.25. The van der Waals surface area contributed by atoms with E-state index in [1.54, 1.807) is 0 Å². The number of rotatable bonds is 4. The number of aryl methyl sites for hydroxylation is 1. The first-order valence-electron chi connectivity index (χ1n) is 6.96. The van der Waals surface area contributed by atoms with Crippen LogP contribution in [0.1, 0.15) is 23.1 Å². The fourth-order valence-corrected chi connectivity index (χ4v) is 2.65. The molecule has 1 aliphatic heterocycles. The van der Waals surface area contributed by atoms with Crippen LogP contribution in [0.4, 0.5) is 0 Å². The molecule has 20 heavy (non-hydrogen) atoms. The quantitative estimate of drug-likeness (QED) is 0.791. The summed E-state index contributed by atoms with van der Waals surface area (Å²) in [6.07, 6.45) is 2.71. The number of benzene rings is 2. The molecule has 1 heterocycles. The second kappa shape index (κ2) is 5.87. The second-order valence-electron chi connectivity index (χ2n) is 5.19. The summed E-state index contributed by atoms with van der Waals surface area (Å²) in [6.45, 7) is 0.241. The number of ether oxygens (including phenoxy) is 1. The molecule has 2 aromatic rings. The molecule has 3 rings (SSSR count). The van der Waals surface area contributed by atoms with Gasteiger partial charge >= 0.3 is 0 Å². The Morgan fingerprint density at radius 2 is 1.95 bits per heavy atom. The summed E-state index contributed by atoms with van der Waals surface area (Å²) in [5.41, 5.74) is 3.85. The molecular formula is C17H17NO2. The van der Waals surface area contributed by atoms with Gasteiger partial charge < -0.3 is 4.74 Å². The van der Waals surface area contributed by atoms with Gasteiger partial charge in [0.05, 0.1) is 0 Å². The van der Waals surface area contributed by atoms with E-state index >= 15 is 0 Å². The van der Waals surface area contributed by atoms with Crippen molar-refractivity contribution in [1.82, 2.24) is 0 Å². The molecule has 3 heteroatoms. The van der Waals surface area contributed by atoms with E-state index in [-0.39, 0.29) is 12.6 Å². The highest BCUT2D eigenvalue weighted by atomic mass is 16.5. The van der Waals surface area contributed by atoms with Gasteiger partial charge in [-0.2, -0.15) is 4.91 Å². The van der Waals surface area contributed by atoms with Gasteiger partial charge in [-0.3, -0.25) is 0 Å². The van der Waals surface area contributed by atoms with E-state index in [9.17, 15) is 4.91 Å². The van der Waals surface area contributed by atoms with Crippen LogP contribution in [0.25, 0.3) is 0 Å². The highest BCUT2D eigenvalue weighted by Crippen LogP contribution is 2.29. The van der Waals surface area contributed by atoms with E-state index in [1.807, 2.05) is 12.1 Å². The molecule has 3 nitrogen and oxygen atoms in total. The average molecular weight is 267 g/mol. The van der Waals surface area contributed by atoms with Crippen LogP contribution in [0.5, 0.6) is 5.75 Å². The SMILES string of the molecule is O=NCC1CCc2cc(Cc3ccccc3)ccc2O1. The molecule has 0 saturated heterocycles. The van der Waals surface area contributed by atoms with Gasteiger partial charge in [0, 0.05) is 0 Å². The molecular weight excluding hydrogens is 250 g/mol. The molecule has 0 aromatic heterocycles. The van der Waals surface area contributed by atoms with E-state index in [0.717, 1.165) is 25.0 Å². The molecule has 1 aliphatic rings. The molecule has 2 aromatic carbocycles. The topological polar surface area (TPSA) is 38.7 Å². The number of nitrogens with zero attached hydrogens (tertiary/aromatic N) is 1. The first-order valence-corrected chi connectivity index (χ1v) is 6.96. The van der Waals surface area contributed by atoms with Crippen LogP contribution in [0.2, 0.25) is 0 Å². The van der Waals surface area contributed by atoms with Crippen molar-refractivity contribution in [2.24, 2.45) is 5.18 Å². The third-order valence-corrected chi connectivity index (χ3v) is 3.68. The zero-order chi connectivity index (χ0) is 13.8. The van der Waals surface area contributed by atoms with Crippen molar-refractivity contribution in [1.29, 1.82) is 0 Å². The second-order valence-corrected chi connectivity index (χ2v) is 5.19. The summed E-state index contributed by atoms with van der Waals surface area (Å²) in [5.74, 6) is 0.904. The van der Waals surface area contributed by atoms with Crippen LogP contribution >= 0.6 is 0 Å². The normalized spacial score (nSPS) is 17.1. The summed E-state index contributed by atoms with van der Waals surface area (Å²) in [5, 5.41) is 2.93. The van der Waals surface area contributed by atoms with Crippen molar-refractivity contribution in [2.75, 3.05) is 6.54 Å². The van der Waals surface area contributed by atoms with Gasteiger partial charge in [0.1, 0.15) is 18.4 Å². The van der Waals surface area contributed by atoms with Crippen LogP contribution in [0.3, 0.4) is 0 Å². The Hall–Kier alpha value is -2.16. The van der Waals surface area contributed by atoms with E-state index in [4.69, 9.17) is 4.74 Å². The summed E-state index contributed by atoms with van der Waals surface area (Å²) in [4.78, 5) is 10.3. The molecule has 0 N–H and O–H groups in total. The van der Waals surface area contributed by atoms with Crippen LogP contribution in [-0.2, 0) is 12.8 Å². The highest BCUT2D eigenvalue weighted by Gasteiger charge is 2.20. The Morgan fingerprint density at radius 3 is 2.75 bits per heavy atom.